The molecule has 1 aliphatic rings. The maximum absolute atomic E-state index is 12.3. The standard InChI is InChI=1S/C11H14N4O5S/c1-12-7-2-3-9(15(17)18)10(4-7)21(19,20)14-8-5-11(16)13-6-8/h2-4,8,12,14H,5-6H2,1H3,(H,13,16). The van der Waals surface area contributed by atoms with Crippen LogP contribution in [0.1, 0.15) is 6.42 Å². The maximum atomic E-state index is 12.3. The summed E-state index contributed by atoms with van der Waals surface area (Å²) in [5.41, 5.74) is -0.0830. The van der Waals surface area contributed by atoms with Gasteiger partial charge in [-0.1, -0.05) is 0 Å². The van der Waals surface area contributed by atoms with Crippen LogP contribution in [0.2, 0.25) is 0 Å². The SMILES string of the molecule is CNc1ccc([N+](=O)[O-])c(S(=O)(=O)NC2CNC(=O)C2)c1. The highest BCUT2D eigenvalue weighted by atomic mass is 32.2. The molecule has 1 fully saturated rings. The molecular weight excluding hydrogens is 300 g/mol. The predicted octanol–water partition coefficient (Wildman–Crippen LogP) is -0.197. The number of nitro benzene ring substituents is 1. The molecule has 1 unspecified atom stereocenters. The fourth-order valence-electron chi connectivity index (χ4n) is 2.01. The minimum Gasteiger partial charge on any atom is -0.388 e. The van der Waals surface area contributed by atoms with Crippen LogP contribution in [0.5, 0.6) is 0 Å². The van der Waals surface area contributed by atoms with Gasteiger partial charge in [0, 0.05) is 37.8 Å². The zero-order valence-electron chi connectivity index (χ0n) is 11.1. The van der Waals surface area contributed by atoms with Gasteiger partial charge < -0.3 is 10.6 Å². The molecule has 0 spiro atoms. The Morgan fingerprint density at radius 2 is 2.14 bits per heavy atom. The van der Waals surface area contributed by atoms with Crippen LogP contribution < -0.4 is 15.4 Å². The van der Waals surface area contributed by atoms with E-state index >= 15 is 0 Å². The molecule has 0 radical (unpaired) electrons. The minimum absolute atomic E-state index is 0.0126. The van der Waals surface area contributed by atoms with Crippen molar-refractivity contribution in [2.24, 2.45) is 0 Å². The van der Waals surface area contributed by atoms with E-state index < -0.39 is 31.6 Å². The van der Waals surface area contributed by atoms with E-state index in [0.717, 1.165) is 6.07 Å². The highest BCUT2D eigenvalue weighted by Gasteiger charge is 2.31. The first-order valence-corrected chi connectivity index (χ1v) is 7.57. The van der Waals surface area contributed by atoms with Gasteiger partial charge in [0.1, 0.15) is 0 Å². The molecule has 2 rings (SSSR count). The van der Waals surface area contributed by atoms with Gasteiger partial charge in [-0.2, -0.15) is 0 Å². The number of rotatable bonds is 5. The van der Waals surface area contributed by atoms with E-state index in [9.17, 15) is 23.3 Å². The molecule has 0 aliphatic carbocycles. The first kappa shape index (κ1) is 15.2. The van der Waals surface area contributed by atoms with Gasteiger partial charge in [-0.3, -0.25) is 14.9 Å². The van der Waals surface area contributed by atoms with E-state index in [-0.39, 0.29) is 18.9 Å². The largest absolute Gasteiger partial charge is 0.388 e. The third-order valence-corrected chi connectivity index (χ3v) is 4.58. The zero-order valence-corrected chi connectivity index (χ0v) is 11.9. The molecule has 0 saturated carbocycles. The molecular formula is C11H14N4O5S. The Balaban J connectivity index is 2.38. The number of nitro groups is 1. The second kappa shape index (κ2) is 5.66. The summed E-state index contributed by atoms with van der Waals surface area (Å²) in [4.78, 5) is 20.9. The number of nitrogens with one attached hydrogen (secondary N) is 3. The lowest BCUT2D eigenvalue weighted by Gasteiger charge is -2.12. The quantitative estimate of drug-likeness (QED) is 0.510. The number of hydrogen-bond acceptors (Lipinski definition) is 6. The summed E-state index contributed by atoms with van der Waals surface area (Å²) in [6.45, 7) is 0.164. The number of sulfonamides is 1. The van der Waals surface area contributed by atoms with Crippen molar-refractivity contribution in [1.82, 2.24) is 10.0 Å². The summed E-state index contributed by atoms with van der Waals surface area (Å²) < 4.78 is 26.9. The van der Waals surface area contributed by atoms with Gasteiger partial charge in [0.25, 0.3) is 5.69 Å². The molecule has 10 heteroatoms. The fraction of sp³-hybridized carbons (Fsp3) is 0.364. The average Bonchev–Trinajstić information content (AvgIpc) is 2.82. The molecule has 0 bridgehead atoms. The van der Waals surface area contributed by atoms with Gasteiger partial charge >= 0.3 is 0 Å². The molecule has 1 aromatic carbocycles. The van der Waals surface area contributed by atoms with Crippen LogP contribution in [0.4, 0.5) is 11.4 Å². The highest BCUT2D eigenvalue weighted by molar-refractivity contribution is 7.89. The van der Waals surface area contributed by atoms with Crippen LogP contribution in [0.25, 0.3) is 0 Å². The Bertz CT molecular complexity index is 688. The summed E-state index contributed by atoms with van der Waals surface area (Å²) in [6.07, 6.45) is 0.0126. The third kappa shape index (κ3) is 3.28. The summed E-state index contributed by atoms with van der Waals surface area (Å²) in [5, 5.41) is 16.2. The van der Waals surface area contributed by atoms with Crippen LogP contribution in [-0.4, -0.2) is 38.9 Å². The molecule has 1 aliphatic heterocycles. The van der Waals surface area contributed by atoms with Crippen molar-refractivity contribution in [3.05, 3.63) is 28.3 Å². The van der Waals surface area contributed by atoms with Crippen LogP contribution in [0.15, 0.2) is 23.1 Å². The van der Waals surface area contributed by atoms with Crippen LogP contribution in [-0.2, 0) is 14.8 Å². The van der Waals surface area contributed by atoms with Crippen LogP contribution in [0.3, 0.4) is 0 Å². The summed E-state index contributed by atoms with van der Waals surface area (Å²) in [5.74, 6) is -0.263. The smallest absolute Gasteiger partial charge is 0.289 e. The number of anilines is 1. The Kier molecular flexibility index (Phi) is 4.09. The number of amides is 1. The monoisotopic (exact) mass is 314 g/mol. The lowest BCUT2D eigenvalue weighted by Crippen LogP contribution is -2.36. The molecule has 1 atom stereocenters. The number of nitrogens with zero attached hydrogens (tertiary/aromatic N) is 1. The lowest BCUT2D eigenvalue weighted by atomic mass is 10.3. The van der Waals surface area contributed by atoms with E-state index in [1.54, 1.807) is 7.05 Å². The van der Waals surface area contributed by atoms with Crippen molar-refractivity contribution in [3.63, 3.8) is 0 Å². The molecule has 1 heterocycles. The molecule has 3 N–H and O–H groups in total. The van der Waals surface area contributed by atoms with E-state index in [1.165, 1.54) is 12.1 Å². The van der Waals surface area contributed by atoms with E-state index in [1.807, 2.05) is 0 Å². The number of carbonyl (C=O) groups is 1. The first-order valence-electron chi connectivity index (χ1n) is 6.08. The summed E-state index contributed by atoms with van der Waals surface area (Å²) in [6, 6.07) is 3.11. The second-order valence-corrected chi connectivity index (χ2v) is 6.20. The van der Waals surface area contributed by atoms with Crippen LogP contribution in [0, 0.1) is 10.1 Å². The van der Waals surface area contributed by atoms with Gasteiger partial charge in [0.15, 0.2) is 4.90 Å². The highest BCUT2D eigenvalue weighted by Crippen LogP contribution is 2.27. The number of hydrogen-bond donors (Lipinski definition) is 3. The lowest BCUT2D eigenvalue weighted by molar-refractivity contribution is -0.387. The van der Waals surface area contributed by atoms with Crippen molar-refractivity contribution in [2.45, 2.75) is 17.4 Å². The molecule has 114 valence electrons. The minimum atomic E-state index is -4.10. The van der Waals surface area contributed by atoms with Crippen molar-refractivity contribution < 1.29 is 18.1 Å². The Morgan fingerprint density at radius 3 is 2.67 bits per heavy atom. The maximum Gasteiger partial charge on any atom is 0.289 e. The molecule has 1 amide bonds. The number of benzene rings is 1. The van der Waals surface area contributed by atoms with Crippen molar-refractivity contribution in [1.29, 1.82) is 0 Å². The Hall–Kier alpha value is -2.20. The van der Waals surface area contributed by atoms with Gasteiger partial charge in [-0.25, -0.2) is 13.1 Å². The molecule has 1 aromatic rings. The molecule has 1 saturated heterocycles. The van der Waals surface area contributed by atoms with E-state index in [0.29, 0.717) is 5.69 Å². The molecule has 21 heavy (non-hydrogen) atoms. The average molecular weight is 314 g/mol. The predicted molar refractivity (Wildman–Crippen MR) is 74.4 cm³/mol. The van der Waals surface area contributed by atoms with Crippen molar-refractivity contribution in [3.8, 4) is 0 Å². The fourth-order valence-corrected chi connectivity index (χ4v) is 3.44. The third-order valence-electron chi connectivity index (χ3n) is 3.03. The van der Waals surface area contributed by atoms with Crippen LogP contribution >= 0.6 is 0 Å². The normalized spacial score (nSPS) is 18.3. The topological polar surface area (TPSA) is 130 Å². The van der Waals surface area contributed by atoms with Crippen molar-refractivity contribution >= 4 is 27.3 Å². The first-order chi connectivity index (χ1) is 9.83. The summed E-state index contributed by atoms with van der Waals surface area (Å²) >= 11 is 0. The van der Waals surface area contributed by atoms with Gasteiger partial charge in [0.05, 0.1) is 4.92 Å². The van der Waals surface area contributed by atoms with E-state index in [2.05, 4.69) is 15.4 Å². The van der Waals surface area contributed by atoms with Gasteiger partial charge in [-0.15, -0.1) is 0 Å². The summed E-state index contributed by atoms with van der Waals surface area (Å²) in [7, 11) is -2.53. The zero-order chi connectivity index (χ0) is 15.6. The van der Waals surface area contributed by atoms with Crippen molar-refractivity contribution in [2.75, 3.05) is 18.9 Å². The molecule has 0 aromatic heterocycles. The molecule has 9 nitrogen and oxygen atoms in total. The van der Waals surface area contributed by atoms with Gasteiger partial charge in [0.2, 0.25) is 15.9 Å². The Labute approximate surface area is 120 Å². The van der Waals surface area contributed by atoms with E-state index in [4.69, 9.17) is 0 Å². The second-order valence-electron chi connectivity index (χ2n) is 4.52. The van der Waals surface area contributed by atoms with Gasteiger partial charge in [-0.05, 0) is 12.1 Å². The Morgan fingerprint density at radius 1 is 1.43 bits per heavy atom. The number of carbonyl (C=O) groups excluding carboxylic acids is 1.